The summed E-state index contributed by atoms with van der Waals surface area (Å²) in [5, 5.41) is 12.3. The Labute approximate surface area is 99.7 Å². The molecule has 0 spiro atoms. The molecule has 0 radical (unpaired) electrons. The molecule has 2 bridgehead atoms. The molecule has 2 atom stereocenters. The van der Waals surface area contributed by atoms with E-state index in [0.717, 1.165) is 17.7 Å². The average molecular weight is 227 g/mol. The second-order valence-electron chi connectivity index (χ2n) is 4.69. The SMILES string of the molecule is C[C@@]12C[C@H](C(C#N)=C(N)N1)c1ccccc1O2. The van der Waals surface area contributed by atoms with Crippen molar-refractivity contribution in [2.75, 3.05) is 0 Å². The number of hydrogen-bond acceptors (Lipinski definition) is 4. The van der Waals surface area contributed by atoms with E-state index < -0.39 is 5.72 Å². The van der Waals surface area contributed by atoms with Crippen molar-refractivity contribution in [1.29, 1.82) is 5.26 Å². The van der Waals surface area contributed by atoms with Crippen LogP contribution in [0.1, 0.15) is 24.8 Å². The van der Waals surface area contributed by atoms with Crippen molar-refractivity contribution in [3.05, 3.63) is 41.2 Å². The highest BCUT2D eigenvalue weighted by atomic mass is 16.5. The van der Waals surface area contributed by atoms with Crippen molar-refractivity contribution in [2.24, 2.45) is 5.73 Å². The molecule has 0 fully saturated rings. The number of rotatable bonds is 0. The number of para-hydroxylation sites is 1. The second-order valence-corrected chi connectivity index (χ2v) is 4.69. The molecule has 0 aromatic heterocycles. The van der Waals surface area contributed by atoms with Gasteiger partial charge in [0.25, 0.3) is 0 Å². The third-order valence-corrected chi connectivity index (χ3v) is 3.38. The van der Waals surface area contributed by atoms with Crippen LogP contribution in [-0.2, 0) is 0 Å². The number of hydrogen-bond donors (Lipinski definition) is 2. The van der Waals surface area contributed by atoms with E-state index in [-0.39, 0.29) is 5.92 Å². The lowest BCUT2D eigenvalue weighted by molar-refractivity contribution is 0.0256. The van der Waals surface area contributed by atoms with Crippen LogP contribution in [0.25, 0.3) is 0 Å². The smallest absolute Gasteiger partial charge is 0.179 e. The monoisotopic (exact) mass is 227 g/mol. The van der Waals surface area contributed by atoms with Crippen LogP contribution in [0.5, 0.6) is 5.75 Å². The normalized spacial score (nSPS) is 29.8. The van der Waals surface area contributed by atoms with Crippen LogP contribution < -0.4 is 15.8 Å². The summed E-state index contributed by atoms with van der Waals surface area (Å²) >= 11 is 0. The third kappa shape index (κ3) is 1.36. The minimum absolute atomic E-state index is 0.0381. The standard InChI is InChI=1S/C13H13N3O/c1-13-6-9(10(7-14)12(15)16-13)8-4-2-3-5-11(8)17-13/h2-5,9,16H,6,15H2,1H3/t9-,13+/m0/s1. The molecule has 0 saturated heterocycles. The minimum atomic E-state index is -0.510. The van der Waals surface area contributed by atoms with Gasteiger partial charge in [-0.1, -0.05) is 18.2 Å². The van der Waals surface area contributed by atoms with Crippen molar-refractivity contribution in [2.45, 2.75) is 25.0 Å². The molecule has 1 aromatic rings. The first-order chi connectivity index (χ1) is 8.13. The summed E-state index contributed by atoms with van der Waals surface area (Å²) in [4.78, 5) is 0. The highest BCUT2D eigenvalue weighted by Crippen LogP contribution is 2.46. The molecule has 1 aromatic carbocycles. The van der Waals surface area contributed by atoms with Crippen LogP contribution in [-0.4, -0.2) is 5.72 Å². The molecule has 4 heteroatoms. The van der Waals surface area contributed by atoms with E-state index in [0.29, 0.717) is 11.4 Å². The lowest BCUT2D eigenvalue weighted by atomic mass is 9.80. The van der Waals surface area contributed by atoms with Crippen molar-refractivity contribution in [3.63, 3.8) is 0 Å². The fourth-order valence-electron chi connectivity index (χ4n) is 2.66. The lowest BCUT2D eigenvalue weighted by Crippen LogP contribution is -2.55. The van der Waals surface area contributed by atoms with Crippen LogP contribution in [0.2, 0.25) is 0 Å². The molecule has 2 aliphatic rings. The van der Waals surface area contributed by atoms with E-state index in [1.54, 1.807) is 0 Å². The number of allylic oxidation sites excluding steroid dienone is 1. The topological polar surface area (TPSA) is 71.1 Å². The van der Waals surface area contributed by atoms with Gasteiger partial charge in [-0.2, -0.15) is 5.26 Å². The van der Waals surface area contributed by atoms with Crippen LogP contribution >= 0.6 is 0 Å². The Bertz CT molecular complexity index is 558. The van der Waals surface area contributed by atoms with Crippen molar-refractivity contribution < 1.29 is 4.74 Å². The first-order valence-corrected chi connectivity index (χ1v) is 5.59. The summed E-state index contributed by atoms with van der Waals surface area (Å²) < 4.78 is 5.92. The average Bonchev–Trinajstić information content (AvgIpc) is 2.28. The number of benzene rings is 1. The first-order valence-electron chi connectivity index (χ1n) is 5.59. The number of nitrogens with one attached hydrogen (secondary N) is 1. The van der Waals surface area contributed by atoms with E-state index in [4.69, 9.17) is 10.5 Å². The summed E-state index contributed by atoms with van der Waals surface area (Å²) in [6.07, 6.45) is 0.730. The fraction of sp³-hybridized carbons (Fsp3) is 0.308. The molecule has 86 valence electrons. The van der Waals surface area contributed by atoms with E-state index in [2.05, 4.69) is 11.4 Å². The van der Waals surface area contributed by atoms with Gasteiger partial charge in [-0.15, -0.1) is 0 Å². The predicted octanol–water partition coefficient (Wildman–Crippen LogP) is 1.57. The van der Waals surface area contributed by atoms with Gasteiger partial charge in [-0.3, -0.25) is 0 Å². The number of fused-ring (bicyclic) bond motifs is 4. The summed E-state index contributed by atoms with van der Waals surface area (Å²) in [6.45, 7) is 1.96. The fourth-order valence-corrected chi connectivity index (χ4v) is 2.66. The zero-order valence-corrected chi connectivity index (χ0v) is 9.53. The van der Waals surface area contributed by atoms with Gasteiger partial charge in [-0.05, 0) is 13.0 Å². The van der Waals surface area contributed by atoms with Gasteiger partial charge in [0, 0.05) is 17.9 Å². The zero-order valence-electron chi connectivity index (χ0n) is 9.53. The lowest BCUT2D eigenvalue weighted by Gasteiger charge is -2.44. The Kier molecular flexibility index (Phi) is 1.87. The van der Waals surface area contributed by atoms with E-state index in [9.17, 15) is 5.26 Å². The molecule has 4 nitrogen and oxygen atoms in total. The summed E-state index contributed by atoms with van der Waals surface area (Å²) in [5.41, 5.74) is 7.03. The quantitative estimate of drug-likeness (QED) is 0.705. The molecule has 2 aliphatic heterocycles. The number of ether oxygens (including phenoxy) is 1. The maximum absolute atomic E-state index is 9.21. The summed E-state index contributed by atoms with van der Waals surface area (Å²) in [5.74, 6) is 1.30. The van der Waals surface area contributed by atoms with Crippen LogP contribution in [0, 0.1) is 11.3 Å². The molecule has 0 unspecified atom stereocenters. The van der Waals surface area contributed by atoms with E-state index in [1.807, 2.05) is 31.2 Å². The number of nitrogens with zero attached hydrogens (tertiary/aromatic N) is 1. The zero-order chi connectivity index (χ0) is 12.0. The Morgan fingerprint density at radius 1 is 1.53 bits per heavy atom. The Hall–Kier alpha value is -2.15. The Morgan fingerprint density at radius 2 is 2.29 bits per heavy atom. The maximum atomic E-state index is 9.21. The van der Waals surface area contributed by atoms with Crippen molar-refractivity contribution in [3.8, 4) is 11.8 Å². The molecular weight excluding hydrogens is 214 g/mol. The van der Waals surface area contributed by atoms with E-state index in [1.165, 1.54) is 0 Å². The first kappa shape index (κ1) is 10.0. The molecule has 17 heavy (non-hydrogen) atoms. The Balaban J connectivity index is 2.21. The molecule has 3 rings (SSSR count). The predicted molar refractivity (Wildman–Crippen MR) is 62.8 cm³/mol. The highest BCUT2D eigenvalue weighted by Gasteiger charge is 2.43. The van der Waals surface area contributed by atoms with E-state index >= 15 is 0 Å². The number of nitrogens with two attached hydrogens (primary N) is 1. The van der Waals surface area contributed by atoms with Crippen LogP contribution in [0.15, 0.2) is 35.7 Å². The van der Waals surface area contributed by atoms with Crippen LogP contribution in [0.4, 0.5) is 0 Å². The summed E-state index contributed by atoms with van der Waals surface area (Å²) in [6, 6.07) is 10.0. The molecule has 3 N–H and O–H groups in total. The third-order valence-electron chi connectivity index (χ3n) is 3.38. The molecule has 0 aliphatic carbocycles. The van der Waals surface area contributed by atoms with Crippen molar-refractivity contribution in [1.82, 2.24) is 5.32 Å². The van der Waals surface area contributed by atoms with Crippen molar-refractivity contribution >= 4 is 0 Å². The maximum Gasteiger partial charge on any atom is 0.179 e. The van der Waals surface area contributed by atoms with Gasteiger partial charge in [-0.25, -0.2) is 0 Å². The van der Waals surface area contributed by atoms with Gasteiger partial charge in [0.1, 0.15) is 11.6 Å². The molecular formula is C13H13N3O. The molecule has 0 saturated carbocycles. The minimum Gasteiger partial charge on any atom is -0.468 e. The van der Waals surface area contributed by atoms with Crippen LogP contribution in [0.3, 0.4) is 0 Å². The van der Waals surface area contributed by atoms with Gasteiger partial charge in [0.2, 0.25) is 0 Å². The Morgan fingerprint density at radius 3 is 3.06 bits per heavy atom. The van der Waals surface area contributed by atoms with Gasteiger partial charge in [0.05, 0.1) is 11.6 Å². The highest BCUT2D eigenvalue weighted by molar-refractivity contribution is 5.49. The number of nitriles is 1. The largest absolute Gasteiger partial charge is 0.468 e. The summed E-state index contributed by atoms with van der Waals surface area (Å²) in [7, 11) is 0. The van der Waals surface area contributed by atoms with Gasteiger partial charge >= 0.3 is 0 Å². The van der Waals surface area contributed by atoms with Gasteiger partial charge in [0.15, 0.2) is 5.72 Å². The second kappa shape index (κ2) is 3.17. The molecule has 2 heterocycles. The molecule has 0 amide bonds. The van der Waals surface area contributed by atoms with Gasteiger partial charge < -0.3 is 15.8 Å².